The second-order valence-electron chi connectivity index (χ2n) is 13.7. The highest BCUT2D eigenvalue weighted by molar-refractivity contribution is 6.20. The molecule has 248 valence electrons. The van der Waals surface area contributed by atoms with E-state index in [9.17, 15) is 0 Å². The Hall–Kier alpha value is -7.10. The van der Waals surface area contributed by atoms with Crippen LogP contribution in [-0.2, 0) is 0 Å². The van der Waals surface area contributed by atoms with Gasteiger partial charge in [-0.15, -0.1) is 0 Å². The number of para-hydroxylation sites is 2. The summed E-state index contributed by atoms with van der Waals surface area (Å²) < 4.78 is 13.0. The number of hydrogen-bond acceptors (Lipinski definition) is 3. The predicted molar refractivity (Wildman–Crippen MR) is 222 cm³/mol. The third kappa shape index (κ3) is 4.75. The highest BCUT2D eigenvalue weighted by atomic mass is 16.3. The van der Waals surface area contributed by atoms with Crippen molar-refractivity contribution in [1.82, 2.24) is 0 Å². The largest absolute Gasteiger partial charge is 0.456 e. The molecule has 0 atom stereocenters. The van der Waals surface area contributed by atoms with Gasteiger partial charge in [-0.1, -0.05) is 133 Å². The summed E-state index contributed by atoms with van der Waals surface area (Å²) >= 11 is 0. The second-order valence-corrected chi connectivity index (χ2v) is 13.7. The van der Waals surface area contributed by atoms with Crippen molar-refractivity contribution in [3.05, 3.63) is 188 Å². The zero-order valence-corrected chi connectivity index (χ0v) is 28.7. The molecule has 0 bridgehead atoms. The van der Waals surface area contributed by atoms with Gasteiger partial charge in [0.05, 0.1) is 11.1 Å². The first-order valence-electron chi connectivity index (χ1n) is 18.0. The molecule has 11 aromatic rings. The quantitative estimate of drug-likeness (QED) is 0.182. The van der Waals surface area contributed by atoms with Crippen LogP contribution < -0.4 is 4.90 Å². The van der Waals surface area contributed by atoms with Gasteiger partial charge in [-0.25, -0.2) is 0 Å². The lowest BCUT2D eigenvalue weighted by Gasteiger charge is -2.27. The van der Waals surface area contributed by atoms with Crippen LogP contribution in [0.1, 0.15) is 0 Å². The van der Waals surface area contributed by atoms with Crippen molar-refractivity contribution in [1.29, 1.82) is 0 Å². The van der Waals surface area contributed by atoms with Gasteiger partial charge in [0.2, 0.25) is 0 Å². The zero-order valence-electron chi connectivity index (χ0n) is 28.7. The van der Waals surface area contributed by atoms with Crippen LogP contribution in [0.3, 0.4) is 0 Å². The van der Waals surface area contributed by atoms with Crippen molar-refractivity contribution in [2.24, 2.45) is 0 Å². The van der Waals surface area contributed by atoms with Crippen molar-refractivity contribution in [2.75, 3.05) is 4.90 Å². The van der Waals surface area contributed by atoms with Gasteiger partial charge >= 0.3 is 0 Å². The number of anilines is 3. The molecule has 0 spiro atoms. The van der Waals surface area contributed by atoms with Gasteiger partial charge < -0.3 is 13.7 Å². The number of hydrogen-bond donors (Lipinski definition) is 0. The molecule has 0 aliphatic heterocycles. The molecule has 0 N–H and O–H groups in total. The summed E-state index contributed by atoms with van der Waals surface area (Å²) in [6.45, 7) is 0. The van der Waals surface area contributed by atoms with E-state index in [1.807, 2.05) is 12.1 Å². The highest BCUT2D eigenvalue weighted by Crippen LogP contribution is 2.45. The SMILES string of the molecule is c1ccc(-c2ccc3cc(N(c4ccc(-c5cccc6c5oc5ccc7ccccc7c56)cc4)c4cccc5oc6ccccc6c45)ccc3c2)cc1. The topological polar surface area (TPSA) is 29.5 Å². The van der Waals surface area contributed by atoms with E-state index in [2.05, 4.69) is 181 Å². The summed E-state index contributed by atoms with van der Waals surface area (Å²) in [4.78, 5) is 2.35. The van der Waals surface area contributed by atoms with Crippen molar-refractivity contribution >= 4 is 82.5 Å². The van der Waals surface area contributed by atoms with Crippen molar-refractivity contribution in [2.45, 2.75) is 0 Å². The molecule has 0 aliphatic rings. The minimum absolute atomic E-state index is 0.864. The van der Waals surface area contributed by atoms with E-state index in [1.165, 1.54) is 32.7 Å². The monoisotopic (exact) mass is 677 g/mol. The molecule has 9 aromatic carbocycles. The Morgan fingerprint density at radius 2 is 1.00 bits per heavy atom. The fraction of sp³-hybridized carbons (Fsp3) is 0. The van der Waals surface area contributed by atoms with Crippen LogP contribution in [0.4, 0.5) is 17.1 Å². The van der Waals surface area contributed by atoms with Gasteiger partial charge in [-0.3, -0.25) is 0 Å². The lowest BCUT2D eigenvalue weighted by atomic mass is 9.99. The van der Waals surface area contributed by atoms with Crippen molar-refractivity contribution in [3.63, 3.8) is 0 Å². The number of nitrogens with zero attached hydrogens (tertiary/aromatic N) is 1. The molecule has 53 heavy (non-hydrogen) atoms. The molecule has 0 unspecified atom stereocenters. The average Bonchev–Trinajstić information content (AvgIpc) is 3.81. The Morgan fingerprint density at radius 1 is 0.340 bits per heavy atom. The molecule has 11 rings (SSSR count). The summed E-state index contributed by atoms with van der Waals surface area (Å²) in [5.74, 6) is 0. The maximum atomic E-state index is 6.60. The molecular weight excluding hydrogens is 647 g/mol. The van der Waals surface area contributed by atoms with E-state index >= 15 is 0 Å². The Morgan fingerprint density at radius 3 is 1.91 bits per heavy atom. The Balaban J connectivity index is 1.07. The van der Waals surface area contributed by atoms with Gasteiger partial charge in [0.1, 0.15) is 22.3 Å². The second kappa shape index (κ2) is 11.7. The molecule has 0 saturated carbocycles. The third-order valence-corrected chi connectivity index (χ3v) is 10.6. The van der Waals surface area contributed by atoms with E-state index in [1.54, 1.807) is 0 Å². The lowest BCUT2D eigenvalue weighted by Crippen LogP contribution is -2.10. The van der Waals surface area contributed by atoms with E-state index in [0.717, 1.165) is 72.1 Å². The minimum Gasteiger partial charge on any atom is -0.456 e. The molecule has 0 amide bonds. The zero-order chi connectivity index (χ0) is 34.9. The van der Waals surface area contributed by atoms with Gasteiger partial charge in [0, 0.05) is 33.1 Å². The van der Waals surface area contributed by atoms with Crippen molar-refractivity contribution < 1.29 is 8.83 Å². The van der Waals surface area contributed by atoms with Crippen molar-refractivity contribution in [3.8, 4) is 22.3 Å². The highest BCUT2D eigenvalue weighted by Gasteiger charge is 2.21. The normalized spacial score (nSPS) is 11.8. The van der Waals surface area contributed by atoms with Gasteiger partial charge in [0.25, 0.3) is 0 Å². The minimum atomic E-state index is 0.864. The molecule has 3 nitrogen and oxygen atoms in total. The van der Waals surface area contributed by atoms with Gasteiger partial charge in [-0.2, -0.15) is 0 Å². The third-order valence-electron chi connectivity index (χ3n) is 10.6. The number of furan rings is 2. The summed E-state index contributed by atoms with van der Waals surface area (Å²) in [6.07, 6.45) is 0. The molecule has 3 heteroatoms. The first-order chi connectivity index (χ1) is 26.3. The molecule has 0 saturated heterocycles. The van der Waals surface area contributed by atoms with Crippen LogP contribution in [0.15, 0.2) is 197 Å². The Labute approximate surface area is 305 Å². The molecule has 0 radical (unpaired) electrons. The summed E-state index contributed by atoms with van der Waals surface area (Å²) in [5.41, 5.74) is 11.3. The summed E-state index contributed by atoms with van der Waals surface area (Å²) in [5, 5.41) is 9.27. The Bertz CT molecular complexity index is 3170. The maximum absolute atomic E-state index is 6.60. The summed E-state index contributed by atoms with van der Waals surface area (Å²) in [7, 11) is 0. The van der Waals surface area contributed by atoms with Crippen LogP contribution in [0.2, 0.25) is 0 Å². The first-order valence-corrected chi connectivity index (χ1v) is 18.0. The van der Waals surface area contributed by atoms with Crippen LogP contribution >= 0.6 is 0 Å². The number of rotatable bonds is 5. The molecule has 0 aliphatic carbocycles. The molecule has 0 fully saturated rings. The smallest absolute Gasteiger partial charge is 0.143 e. The standard InChI is InChI=1S/C50H31NO2/c1-2-10-32(11-3-1)35-20-21-37-31-39(28-24-36(37)30-35)51(44-17-9-19-46-49(44)42-14-6-7-18-45(42)52-46)38-26-22-34(23-27-38)41-15-8-16-43-48-40-13-5-4-12-33(40)25-29-47(48)53-50(41)43/h1-31H. The number of benzene rings is 9. The summed E-state index contributed by atoms with van der Waals surface area (Å²) in [6, 6.07) is 66.7. The molecule has 2 heterocycles. The van der Waals surface area contributed by atoms with Gasteiger partial charge in [0.15, 0.2) is 0 Å². The Kier molecular flexibility index (Phi) is 6.55. The molecular formula is C50H31NO2. The molecule has 2 aromatic heterocycles. The van der Waals surface area contributed by atoms with E-state index in [4.69, 9.17) is 8.83 Å². The maximum Gasteiger partial charge on any atom is 0.143 e. The fourth-order valence-corrected chi connectivity index (χ4v) is 8.14. The van der Waals surface area contributed by atoms with Crippen LogP contribution in [0.25, 0.3) is 87.7 Å². The number of fused-ring (bicyclic) bond motifs is 9. The first kappa shape index (κ1) is 29.6. The van der Waals surface area contributed by atoms with E-state index < -0.39 is 0 Å². The lowest BCUT2D eigenvalue weighted by molar-refractivity contribution is 0.669. The van der Waals surface area contributed by atoms with Crippen LogP contribution in [-0.4, -0.2) is 0 Å². The fourth-order valence-electron chi connectivity index (χ4n) is 8.14. The van der Waals surface area contributed by atoms with Crippen LogP contribution in [0.5, 0.6) is 0 Å². The average molecular weight is 678 g/mol. The van der Waals surface area contributed by atoms with Gasteiger partial charge in [-0.05, 0) is 92.8 Å². The van der Waals surface area contributed by atoms with E-state index in [0.29, 0.717) is 0 Å². The van der Waals surface area contributed by atoms with E-state index in [-0.39, 0.29) is 0 Å². The predicted octanol–water partition coefficient (Wildman–Crippen LogP) is 14.6. The van der Waals surface area contributed by atoms with Crippen LogP contribution in [0, 0.1) is 0 Å².